The molecule has 0 saturated carbocycles. The van der Waals surface area contributed by atoms with Gasteiger partial charge in [-0.15, -0.1) is 0 Å². The van der Waals surface area contributed by atoms with Crippen molar-refractivity contribution in [3.63, 3.8) is 0 Å². The average molecular weight is 342 g/mol. The third-order valence-electron chi connectivity index (χ3n) is 4.72. The molecule has 4 N–H and O–H groups in total. The smallest absolute Gasteiger partial charge is 0.124 e. The number of allylic oxidation sites excluding steroid dienone is 1. The summed E-state index contributed by atoms with van der Waals surface area (Å²) in [5.41, 5.74) is 8.89. The number of nitrogens with two attached hydrogens (primary N) is 1. The molecule has 0 fully saturated rings. The topological polar surface area (TPSA) is 58.3 Å². The molecule has 0 aliphatic heterocycles. The number of phenolic OH excluding ortho intramolecular Hbond substituents is 1. The van der Waals surface area contributed by atoms with Gasteiger partial charge in [0.15, 0.2) is 0 Å². The highest BCUT2D eigenvalue weighted by atomic mass is 19.1. The van der Waals surface area contributed by atoms with E-state index in [9.17, 15) is 9.50 Å². The number of hydrogen-bond acceptors (Lipinski definition) is 3. The highest BCUT2D eigenvalue weighted by Crippen LogP contribution is 2.36. The summed E-state index contributed by atoms with van der Waals surface area (Å²) < 4.78 is 13.6. The Morgan fingerprint density at radius 2 is 1.96 bits per heavy atom. The van der Waals surface area contributed by atoms with Crippen molar-refractivity contribution >= 4 is 17.5 Å². The van der Waals surface area contributed by atoms with E-state index in [1.165, 1.54) is 12.1 Å². The first-order valence-electron chi connectivity index (χ1n) is 8.68. The molecule has 3 nitrogen and oxygen atoms in total. The molecule has 0 saturated heterocycles. The maximum Gasteiger partial charge on any atom is 0.124 e. The molecule has 0 heterocycles. The summed E-state index contributed by atoms with van der Waals surface area (Å²) in [6.45, 7) is 6.96. The van der Waals surface area contributed by atoms with Crippen LogP contribution in [-0.4, -0.2) is 11.7 Å². The maximum atomic E-state index is 13.6. The summed E-state index contributed by atoms with van der Waals surface area (Å²) >= 11 is 0. The van der Waals surface area contributed by atoms with E-state index < -0.39 is 0 Å². The van der Waals surface area contributed by atoms with Crippen LogP contribution in [0.1, 0.15) is 44.7 Å². The second kappa shape index (κ2) is 8.06. The van der Waals surface area contributed by atoms with Crippen molar-refractivity contribution in [2.75, 3.05) is 17.6 Å². The molecule has 0 radical (unpaired) electrons. The third kappa shape index (κ3) is 4.53. The Labute approximate surface area is 149 Å². The number of anilines is 2. The zero-order valence-corrected chi connectivity index (χ0v) is 15.1. The van der Waals surface area contributed by atoms with Crippen LogP contribution in [0.25, 0.3) is 6.08 Å². The highest BCUT2D eigenvalue weighted by molar-refractivity contribution is 5.62. The van der Waals surface area contributed by atoms with Gasteiger partial charge in [0.05, 0.1) is 0 Å². The number of nitrogens with one attached hydrogen (secondary N) is 1. The molecule has 0 bridgehead atoms. The molecule has 2 aromatic rings. The van der Waals surface area contributed by atoms with E-state index in [1.807, 2.05) is 31.2 Å². The molecule has 4 heteroatoms. The molecule has 1 atom stereocenters. The number of hydrogen-bond donors (Lipinski definition) is 3. The van der Waals surface area contributed by atoms with Crippen molar-refractivity contribution < 1.29 is 9.50 Å². The first-order valence-corrected chi connectivity index (χ1v) is 8.68. The first kappa shape index (κ1) is 18.8. The molecule has 134 valence electrons. The minimum absolute atomic E-state index is 0.234. The van der Waals surface area contributed by atoms with Crippen molar-refractivity contribution in [1.82, 2.24) is 0 Å². The van der Waals surface area contributed by atoms with E-state index in [0.717, 1.165) is 29.8 Å². The van der Waals surface area contributed by atoms with Gasteiger partial charge in [-0.25, -0.2) is 4.39 Å². The van der Waals surface area contributed by atoms with Crippen LogP contribution in [-0.2, 0) is 5.41 Å². The van der Waals surface area contributed by atoms with Crippen LogP contribution in [0.15, 0.2) is 42.5 Å². The molecular formula is C21H27FN2O. The average Bonchev–Trinajstić information content (AvgIpc) is 2.59. The number of nitrogen functional groups attached to an aromatic ring is 1. The summed E-state index contributed by atoms with van der Waals surface area (Å²) in [7, 11) is 0. The largest absolute Gasteiger partial charge is 0.507 e. The number of benzene rings is 2. The van der Waals surface area contributed by atoms with Gasteiger partial charge < -0.3 is 16.2 Å². The molecule has 0 aromatic heterocycles. The minimum atomic E-state index is -0.274. The molecular weight excluding hydrogens is 315 g/mol. The van der Waals surface area contributed by atoms with Gasteiger partial charge in [-0.1, -0.05) is 26.0 Å². The van der Waals surface area contributed by atoms with Crippen LogP contribution in [0.3, 0.4) is 0 Å². The fraction of sp³-hybridized carbons (Fsp3) is 0.333. The molecule has 2 rings (SSSR count). The lowest BCUT2D eigenvalue weighted by molar-refractivity contribution is 0.459. The van der Waals surface area contributed by atoms with E-state index in [1.54, 1.807) is 12.1 Å². The van der Waals surface area contributed by atoms with Crippen molar-refractivity contribution in [3.8, 4) is 5.75 Å². The Hall–Kier alpha value is -2.49. The molecule has 0 aliphatic rings. The standard InChI is InChI=1S/C21H27FN2O/c1-4-21(3,18-13-16(22)9-11-19(18)23)12-6-7-15-8-10-17(24-5-2)14-20(15)25/h6-11,13-14,24-25H,4-5,12,23H2,1-3H3/b7-6+. The number of phenols is 1. The minimum Gasteiger partial charge on any atom is -0.507 e. The van der Waals surface area contributed by atoms with Crippen LogP contribution < -0.4 is 11.1 Å². The zero-order chi connectivity index (χ0) is 18.4. The summed E-state index contributed by atoms with van der Waals surface area (Å²) in [6, 6.07) is 10.1. The number of aromatic hydroxyl groups is 1. The SMILES string of the molecule is CCNc1ccc(/C=C/CC(C)(CC)c2cc(F)ccc2N)c(O)c1. The monoisotopic (exact) mass is 342 g/mol. The molecule has 0 aliphatic carbocycles. The molecule has 1 unspecified atom stereocenters. The Balaban J connectivity index is 2.19. The van der Waals surface area contributed by atoms with E-state index in [0.29, 0.717) is 12.1 Å². The molecule has 0 amide bonds. The van der Waals surface area contributed by atoms with Crippen LogP contribution in [0.2, 0.25) is 0 Å². The van der Waals surface area contributed by atoms with E-state index in [4.69, 9.17) is 5.73 Å². The summed E-state index contributed by atoms with van der Waals surface area (Å²) in [5, 5.41) is 13.3. The van der Waals surface area contributed by atoms with Crippen LogP contribution in [0, 0.1) is 5.82 Å². The fourth-order valence-electron chi connectivity index (χ4n) is 2.94. The Kier molecular flexibility index (Phi) is 6.07. The van der Waals surface area contributed by atoms with Gasteiger partial charge in [0.25, 0.3) is 0 Å². The fourth-order valence-corrected chi connectivity index (χ4v) is 2.94. The van der Waals surface area contributed by atoms with Gasteiger partial charge in [0, 0.05) is 29.5 Å². The number of halogens is 1. The van der Waals surface area contributed by atoms with Gasteiger partial charge >= 0.3 is 0 Å². The summed E-state index contributed by atoms with van der Waals surface area (Å²) in [4.78, 5) is 0. The van der Waals surface area contributed by atoms with Gasteiger partial charge in [0.2, 0.25) is 0 Å². The van der Waals surface area contributed by atoms with Crippen LogP contribution >= 0.6 is 0 Å². The lowest BCUT2D eigenvalue weighted by Crippen LogP contribution is -2.22. The first-order chi connectivity index (χ1) is 11.9. The van der Waals surface area contributed by atoms with Gasteiger partial charge in [0.1, 0.15) is 11.6 Å². The van der Waals surface area contributed by atoms with Gasteiger partial charge in [-0.3, -0.25) is 0 Å². The lowest BCUT2D eigenvalue weighted by atomic mass is 9.76. The van der Waals surface area contributed by atoms with E-state index in [-0.39, 0.29) is 17.0 Å². The van der Waals surface area contributed by atoms with Crippen molar-refractivity contribution in [2.45, 2.75) is 39.0 Å². The Morgan fingerprint density at radius 3 is 2.60 bits per heavy atom. The summed E-state index contributed by atoms with van der Waals surface area (Å²) in [6.07, 6.45) is 5.44. The van der Waals surface area contributed by atoms with E-state index in [2.05, 4.69) is 19.2 Å². The quantitative estimate of drug-likeness (QED) is 0.597. The number of rotatable bonds is 7. The predicted octanol–water partition coefficient (Wildman–Crippen LogP) is 5.32. The molecule has 25 heavy (non-hydrogen) atoms. The summed E-state index contributed by atoms with van der Waals surface area (Å²) in [5.74, 6) is -0.0392. The van der Waals surface area contributed by atoms with Gasteiger partial charge in [-0.2, -0.15) is 0 Å². The van der Waals surface area contributed by atoms with Crippen LogP contribution in [0.4, 0.5) is 15.8 Å². The van der Waals surface area contributed by atoms with Crippen molar-refractivity contribution in [2.24, 2.45) is 0 Å². The lowest BCUT2D eigenvalue weighted by Gasteiger charge is -2.29. The van der Waals surface area contributed by atoms with E-state index >= 15 is 0 Å². The second-order valence-electron chi connectivity index (χ2n) is 6.56. The van der Waals surface area contributed by atoms with Crippen molar-refractivity contribution in [3.05, 3.63) is 59.4 Å². The predicted molar refractivity (Wildman–Crippen MR) is 104 cm³/mol. The third-order valence-corrected chi connectivity index (χ3v) is 4.72. The zero-order valence-electron chi connectivity index (χ0n) is 15.1. The highest BCUT2D eigenvalue weighted by Gasteiger charge is 2.26. The van der Waals surface area contributed by atoms with Gasteiger partial charge in [-0.05, 0) is 61.1 Å². The molecule has 0 spiro atoms. The van der Waals surface area contributed by atoms with Crippen LogP contribution in [0.5, 0.6) is 5.75 Å². The Bertz CT molecular complexity index is 758. The maximum absolute atomic E-state index is 13.6. The molecule has 2 aromatic carbocycles. The normalized spacial score (nSPS) is 13.8. The van der Waals surface area contributed by atoms with Crippen molar-refractivity contribution in [1.29, 1.82) is 0 Å². The Morgan fingerprint density at radius 1 is 1.20 bits per heavy atom. The second-order valence-corrected chi connectivity index (χ2v) is 6.56.